The summed E-state index contributed by atoms with van der Waals surface area (Å²) in [6.45, 7) is 1.29. The molecule has 2 fully saturated rings. The molecule has 1 aromatic rings. The second-order valence-electron chi connectivity index (χ2n) is 5.77. The third kappa shape index (κ3) is 3.35. The Morgan fingerprint density at radius 1 is 1.38 bits per heavy atom. The van der Waals surface area contributed by atoms with Gasteiger partial charge in [-0.05, 0) is 43.9 Å². The largest absolute Gasteiger partial charge is 0.354 e. The van der Waals surface area contributed by atoms with Crippen LogP contribution >= 0.6 is 12.4 Å². The smallest absolute Gasteiger partial charge is 0.237 e. The molecule has 1 amide bonds. The van der Waals surface area contributed by atoms with Crippen molar-refractivity contribution in [3.63, 3.8) is 0 Å². The van der Waals surface area contributed by atoms with Crippen LogP contribution in [0.15, 0.2) is 18.2 Å². The Bertz CT molecular complexity index is 528. The van der Waals surface area contributed by atoms with Crippen LogP contribution in [0.5, 0.6) is 0 Å². The first-order valence-corrected chi connectivity index (χ1v) is 7.07. The average Bonchev–Trinajstić information content (AvgIpc) is 2.99. The molecule has 116 valence electrons. The summed E-state index contributed by atoms with van der Waals surface area (Å²) >= 11 is 0. The van der Waals surface area contributed by atoms with Crippen molar-refractivity contribution in [1.82, 2.24) is 10.6 Å². The molecule has 1 saturated heterocycles. The summed E-state index contributed by atoms with van der Waals surface area (Å²) in [5.41, 5.74) is 0.171. The van der Waals surface area contributed by atoms with Gasteiger partial charge < -0.3 is 10.6 Å². The lowest BCUT2D eigenvalue weighted by Gasteiger charge is -2.19. The highest BCUT2D eigenvalue weighted by Crippen LogP contribution is 2.48. The maximum atomic E-state index is 13.8. The number of carbonyl (C=O) groups is 1. The van der Waals surface area contributed by atoms with Crippen molar-refractivity contribution >= 4 is 18.3 Å². The van der Waals surface area contributed by atoms with Crippen LogP contribution in [0.2, 0.25) is 0 Å². The van der Waals surface area contributed by atoms with Gasteiger partial charge in [-0.2, -0.15) is 0 Å². The van der Waals surface area contributed by atoms with Gasteiger partial charge in [0, 0.05) is 18.0 Å². The minimum atomic E-state index is -0.568. The number of nitrogens with one attached hydrogen (secondary N) is 2. The van der Waals surface area contributed by atoms with E-state index in [1.54, 1.807) is 0 Å². The Morgan fingerprint density at radius 2 is 2.14 bits per heavy atom. The van der Waals surface area contributed by atoms with E-state index in [0.29, 0.717) is 12.1 Å². The lowest BCUT2D eigenvalue weighted by atomic mass is 9.95. The van der Waals surface area contributed by atoms with Gasteiger partial charge >= 0.3 is 0 Å². The van der Waals surface area contributed by atoms with Crippen LogP contribution in [-0.2, 0) is 10.2 Å². The number of hydrogen-bond acceptors (Lipinski definition) is 2. The summed E-state index contributed by atoms with van der Waals surface area (Å²) in [6, 6.07) is 3.57. The van der Waals surface area contributed by atoms with Crippen LogP contribution in [0.25, 0.3) is 0 Å². The van der Waals surface area contributed by atoms with Gasteiger partial charge in [-0.15, -0.1) is 12.4 Å². The number of rotatable bonds is 4. The molecule has 1 heterocycles. The summed E-state index contributed by atoms with van der Waals surface area (Å²) in [5.74, 6) is -1.10. The molecule has 1 unspecified atom stereocenters. The zero-order valence-electron chi connectivity index (χ0n) is 11.6. The van der Waals surface area contributed by atoms with Crippen molar-refractivity contribution in [2.45, 2.75) is 37.1 Å². The Morgan fingerprint density at radius 3 is 2.71 bits per heavy atom. The van der Waals surface area contributed by atoms with Gasteiger partial charge in [-0.3, -0.25) is 4.79 Å². The Kier molecular flexibility index (Phi) is 4.84. The number of halogens is 3. The monoisotopic (exact) mass is 316 g/mol. The molecule has 1 saturated carbocycles. The zero-order valence-corrected chi connectivity index (χ0v) is 12.4. The van der Waals surface area contributed by atoms with E-state index in [1.165, 1.54) is 12.1 Å². The third-order valence-corrected chi connectivity index (χ3v) is 4.33. The minimum absolute atomic E-state index is 0. The van der Waals surface area contributed by atoms with Gasteiger partial charge in [-0.1, -0.05) is 6.07 Å². The van der Waals surface area contributed by atoms with Gasteiger partial charge in [0.2, 0.25) is 5.91 Å². The van der Waals surface area contributed by atoms with Crippen molar-refractivity contribution in [3.05, 3.63) is 35.4 Å². The third-order valence-electron chi connectivity index (χ3n) is 4.33. The van der Waals surface area contributed by atoms with Crippen molar-refractivity contribution in [2.24, 2.45) is 0 Å². The van der Waals surface area contributed by atoms with E-state index in [1.807, 2.05) is 0 Å². The number of carbonyl (C=O) groups excluding carboxylic acids is 1. The van der Waals surface area contributed by atoms with Crippen LogP contribution in [0.3, 0.4) is 0 Å². The number of hydrogen-bond donors (Lipinski definition) is 2. The van der Waals surface area contributed by atoms with E-state index in [0.717, 1.165) is 38.3 Å². The highest BCUT2D eigenvalue weighted by molar-refractivity contribution is 5.85. The van der Waals surface area contributed by atoms with E-state index in [2.05, 4.69) is 10.6 Å². The van der Waals surface area contributed by atoms with Gasteiger partial charge in [0.1, 0.15) is 11.6 Å². The maximum Gasteiger partial charge on any atom is 0.237 e. The molecular formula is C15H19ClF2N2O. The van der Waals surface area contributed by atoms with Gasteiger partial charge in [0.05, 0.1) is 6.04 Å². The molecule has 0 bridgehead atoms. The summed E-state index contributed by atoms with van der Waals surface area (Å²) in [6.07, 6.45) is 3.52. The van der Waals surface area contributed by atoms with Crippen molar-refractivity contribution in [1.29, 1.82) is 0 Å². The molecule has 3 rings (SSSR count). The van der Waals surface area contributed by atoms with Crippen LogP contribution in [0.1, 0.15) is 31.2 Å². The lowest BCUT2D eigenvalue weighted by molar-refractivity contribution is -0.122. The van der Waals surface area contributed by atoms with Crippen molar-refractivity contribution in [3.8, 4) is 0 Å². The second-order valence-corrected chi connectivity index (χ2v) is 5.77. The first kappa shape index (κ1) is 16.2. The quantitative estimate of drug-likeness (QED) is 0.895. The normalized spacial score (nSPS) is 22.5. The molecule has 1 atom stereocenters. The summed E-state index contributed by atoms with van der Waals surface area (Å²) < 4.78 is 26.8. The zero-order chi connectivity index (χ0) is 14.2. The molecule has 1 aromatic carbocycles. The van der Waals surface area contributed by atoms with Gasteiger partial charge in [0.25, 0.3) is 0 Å². The fraction of sp³-hybridized carbons (Fsp3) is 0.533. The first-order valence-electron chi connectivity index (χ1n) is 7.07. The van der Waals surface area contributed by atoms with Crippen LogP contribution in [0.4, 0.5) is 8.78 Å². The summed E-state index contributed by atoms with van der Waals surface area (Å²) in [7, 11) is 0. The number of benzene rings is 1. The van der Waals surface area contributed by atoms with Gasteiger partial charge in [0.15, 0.2) is 0 Å². The van der Waals surface area contributed by atoms with Crippen LogP contribution < -0.4 is 10.6 Å². The Labute approximate surface area is 128 Å². The minimum Gasteiger partial charge on any atom is -0.354 e. The highest BCUT2D eigenvalue weighted by atomic mass is 35.5. The van der Waals surface area contributed by atoms with E-state index in [-0.39, 0.29) is 29.8 Å². The van der Waals surface area contributed by atoms with Crippen LogP contribution in [0, 0.1) is 11.6 Å². The van der Waals surface area contributed by atoms with E-state index < -0.39 is 11.6 Å². The molecule has 2 aliphatic rings. The van der Waals surface area contributed by atoms with E-state index >= 15 is 0 Å². The summed E-state index contributed by atoms with van der Waals surface area (Å²) in [4.78, 5) is 12.0. The maximum absolute atomic E-state index is 13.8. The topological polar surface area (TPSA) is 41.1 Å². The molecule has 6 heteroatoms. The Hall–Kier alpha value is -1.20. The summed E-state index contributed by atoms with van der Waals surface area (Å²) in [5, 5.41) is 6.04. The molecule has 0 aromatic heterocycles. The second kappa shape index (κ2) is 6.28. The molecule has 0 radical (unpaired) electrons. The predicted octanol–water partition coefficient (Wildman–Crippen LogP) is 2.29. The highest BCUT2D eigenvalue weighted by Gasteiger charge is 2.46. The fourth-order valence-electron chi connectivity index (χ4n) is 2.90. The standard InChI is InChI=1S/C15H18F2N2O.ClH/c16-10-3-4-11(12(17)8-10)15(5-6-15)9-19-14(20)13-2-1-7-18-13;/h3-4,8,13,18H,1-2,5-7,9H2,(H,19,20);1H. The molecular weight excluding hydrogens is 298 g/mol. The lowest BCUT2D eigenvalue weighted by Crippen LogP contribution is -2.43. The molecule has 1 aliphatic carbocycles. The molecule has 1 aliphatic heterocycles. The SMILES string of the molecule is Cl.O=C(NCC1(c2ccc(F)cc2F)CC1)C1CCCN1. The van der Waals surface area contributed by atoms with Crippen molar-refractivity contribution < 1.29 is 13.6 Å². The molecule has 2 N–H and O–H groups in total. The Balaban J connectivity index is 0.00000161. The predicted molar refractivity (Wildman–Crippen MR) is 78.6 cm³/mol. The first-order chi connectivity index (χ1) is 9.61. The van der Waals surface area contributed by atoms with Gasteiger partial charge in [-0.25, -0.2) is 8.78 Å². The van der Waals surface area contributed by atoms with Crippen molar-refractivity contribution in [2.75, 3.05) is 13.1 Å². The number of amides is 1. The fourth-order valence-corrected chi connectivity index (χ4v) is 2.90. The average molecular weight is 317 g/mol. The molecule has 21 heavy (non-hydrogen) atoms. The molecule has 3 nitrogen and oxygen atoms in total. The molecule has 0 spiro atoms. The van der Waals surface area contributed by atoms with E-state index in [4.69, 9.17) is 0 Å². The van der Waals surface area contributed by atoms with Crippen LogP contribution in [-0.4, -0.2) is 25.0 Å². The van der Waals surface area contributed by atoms with E-state index in [9.17, 15) is 13.6 Å².